The molecule has 0 heterocycles. The highest BCUT2D eigenvalue weighted by Crippen LogP contribution is 2.08. The summed E-state index contributed by atoms with van der Waals surface area (Å²) >= 11 is 0. The van der Waals surface area contributed by atoms with Crippen LogP contribution in [0.5, 0.6) is 0 Å². The Hall–Kier alpha value is -0.300. The molecule has 0 bridgehead atoms. The molecule has 10 heavy (non-hydrogen) atoms. The van der Waals surface area contributed by atoms with Gasteiger partial charge in [-0.2, -0.15) is 0 Å². The van der Waals surface area contributed by atoms with Crippen LogP contribution in [0.4, 0.5) is 0 Å². The number of aliphatic hydroxyl groups excluding tert-OH is 1. The molecule has 2 unspecified atom stereocenters. The zero-order valence-corrected chi connectivity index (χ0v) is 7.39. The predicted octanol–water partition coefficient (Wildman–Crippen LogP) is 2.36. The first-order valence-corrected chi connectivity index (χ1v) is 3.94. The Morgan fingerprint density at radius 2 is 2.00 bits per heavy atom. The summed E-state index contributed by atoms with van der Waals surface area (Å²) in [6.07, 6.45) is 2.99. The fourth-order valence-corrected chi connectivity index (χ4v) is 0.706. The first-order valence-electron chi connectivity index (χ1n) is 3.94. The zero-order valence-electron chi connectivity index (χ0n) is 7.39. The first kappa shape index (κ1) is 9.70. The largest absolute Gasteiger partial charge is 0.389 e. The van der Waals surface area contributed by atoms with Gasteiger partial charge >= 0.3 is 0 Å². The van der Waals surface area contributed by atoms with Gasteiger partial charge in [0.1, 0.15) is 0 Å². The van der Waals surface area contributed by atoms with E-state index in [4.69, 9.17) is 5.11 Å². The molecule has 0 rings (SSSR count). The molecule has 0 fully saturated rings. The summed E-state index contributed by atoms with van der Waals surface area (Å²) in [6.45, 7) is 8.08. The van der Waals surface area contributed by atoms with Crippen molar-refractivity contribution in [2.24, 2.45) is 5.92 Å². The summed E-state index contributed by atoms with van der Waals surface area (Å²) in [5.74, 6) is 0.592. The molecule has 0 aromatic heterocycles. The van der Waals surface area contributed by atoms with E-state index in [0.29, 0.717) is 5.92 Å². The maximum absolute atomic E-state index is 9.10. The average Bonchev–Trinajstić information content (AvgIpc) is 1.87. The maximum atomic E-state index is 9.10. The molecule has 60 valence electrons. The van der Waals surface area contributed by atoms with E-state index in [1.807, 2.05) is 6.92 Å². The number of hydrogen-bond donors (Lipinski definition) is 1. The van der Waals surface area contributed by atoms with Crippen molar-refractivity contribution in [1.29, 1.82) is 0 Å². The second-order valence-electron chi connectivity index (χ2n) is 2.97. The molecule has 1 nitrogen and oxygen atoms in total. The maximum Gasteiger partial charge on any atom is 0.0719 e. The lowest BCUT2D eigenvalue weighted by atomic mass is 10.0. The van der Waals surface area contributed by atoms with Gasteiger partial charge in [-0.05, 0) is 25.3 Å². The summed E-state index contributed by atoms with van der Waals surface area (Å²) < 4.78 is 0. The molecule has 0 saturated heterocycles. The van der Waals surface area contributed by atoms with Crippen LogP contribution in [0.1, 0.15) is 34.1 Å². The first-order chi connectivity index (χ1) is 4.57. The summed E-state index contributed by atoms with van der Waals surface area (Å²) in [6, 6.07) is 0. The highest BCUT2D eigenvalue weighted by atomic mass is 16.3. The van der Waals surface area contributed by atoms with Crippen LogP contribution in [0.3, 0.4) is 0 Å². The van der Waals surface area contributed by atoms with Crippen molar-refractivity contribution in [3.05, 3.63) is 11.6 Å². The minimum Gasteiger partial charge on any atom is -0.389 e. The SMILES string of the molecule is CCC(C)/C=C(\C)C(C)O. The van der Waals surface area contributed by atoms with Crippen LogP contribution in [0.25, 0.3) is 0 Å². The summed E-state index contributed by atoms with van der Waals surface area (Å²) in [7, 11) is 0. The topological polar surface area (TPSA) is 20.2 Å². The van der Waals surface area contributed by atoms with E-state index < -0.39 is 0 Å². The normalized spacial score (nSPS) is 18.7. The van der Waals surface area contributed by atoms with Gasteiger partial charge in [0.2, 0.25) is 0 Å². The quantitative estimate of drug-likeness (QED) is 0.600. The molecule has 0 aromatic rings. The van der Waals surface area contributed by atoms with Gasteiger partial charge in [0.05, 0.1) is 6.10 Å². The van der Waals surface area contributed by atoms with Crippen molar-refractivity contribution in [1.82, 2.24) is 0 Å². The van der Waals surface area contributed by atoms with Crippen LogP contribution < -0.4 is 0 Å². The zero-order chi connectivity index (χ0) is 8.15. The molecular weight excluding hydrogens is 124 g/mol. The van der Waals surface area contributed by atoms with E-state index in [1.165, 1.54) is 0 Å². The van der Waals surface area contributed by atoms with Gasteiger partial charge in [0.25, 0.3) is 0 Å². The highest BCUT2D eigenvalue weighted by molar-refractivity contribution is 5.04. The van der Waals surface area contributed by atoms with Crippen LogP contribution in [-0.4, -0.2) is 11.2 Å². The molecule has 2 atom stereocenters. The van der Waals surface area contributed by atoms with Crippen molar-refractivity contribution in [3.8, 4) is 0 Å². The fourth-order valence-electron chi connectivity index (χ4n) is 0.706. The molecule has 0 aliphatic carbocycles. The predicted molar refractivity (Wildman–Crippen MR) is 44.9 cm³/mol. The summed E-state index contributed by atoms with van der Waals surface area (Å²) in [5, 5.41) is 9.10. The second kappa shape index (κ2) is 4.51. The van der Waals surface area contributed by atoms with Crippen molar-refractivity contribution in [2.45, 2.75) is 40.2 Å². The lowest BCUT2D eigenvalue weighted by molar-refractivity contribution is 0.230. The van der Waals surface area contributed by atoms with E-state index >= 15 is 0 Å². The standard InChI is InChI=1S/C9H18O/c1-5-7(2)6-8(3)9(4)10/h6-7,9-10H,5H2,1-4H3/b8-6+. The van der Waals surface area contributed by atoms with Crippen molar-refractivity contribution < 1.29 is 5.11 Å². The summed E-state index contributed by atoms with van der Waals surface area (Å²) in [4.78, 5) is 0. The molecule has 0 spiro atoms. The van der Waals surface area contributed by atoms with Crippen LogP contribution in [0.2, 0.25) is 0 Å². The highest BCUT2D eigenvalue weighted by Gasteiger charge is 1.99. The number of rotatable bonds is 3. The molecule has 1 heteroatoms. The Morgan fingerprint density at radius 3 is 2.30 bits per heavy atom. The second-order valence-corrected chi connectivity index (χ2v) is 2.97. The fraction of sp³-hybridized carbons (Fsp3) is 0.778. The number of aliphatic hydroxyl groups is 1. The van der Waals surface area contributed by atoms with Crippen molar-refractivity contribution in [3.63, 3.8) is 0 Å². The van der Waals surface area contributed by atoms with Crippen molar-refractivity contribution in [2.75, 3.05) is 0 Å². The van der Waals surface area contributed by atoms with E-state index in [1.54, 1.807) is 6.92 Å². The van der Waals surface area contributed by atoms with Gasteiger partial charge in [0.15, 0.2) is 0 Å². The van der Waals surface area contributed by atoms with Gasteiger partial charge < -0.3 is 5.11 Å². The third-order valence-corrected chi connectivity index (χ3v) is 1.85. The molecule has 0 amide bonds. The average molecular weight is 142 g/mol. The van der Waals surface area contributed by atoms with Crippen LogP contribution >= 0.6 is 0 Å². The monoisotopic (exact) mass is 142 g/mol. The van der Waals surface area contributed by atoms with E-state index in [2.05, 4.69) is 19.9 Å². The molecule has 0 saturated carbocycles. The van der Waals surface area contributed by atoms with E-state index in [0.717, 1.165) is 12.0 Å². The van der Waals surface area contributed by atoms with Crippen LogP contribution in [0, 0.1) is 5.92 Å². The minimum absolute atomic E-state index is 0.283. The van der Waals surface area contributed by atoms with E-state index in [9.17, 15) is 0 Å². The Morgan fingerprint density at radius 1 is 1.50 bits per heavy atom. The van der Waals surface area contributed by atoms with E-state index in [-0.39, 0.29) is 6.10 Å². The van der Waals surface area contributed by atoms with Crippen molar-refractivity contribution >= 4 is 0 Å². The van der Waals surface area contributed by atoms with Crippen LogP contribution in [-0.2, 0) is 0 Å². The third-order valence-electron chi connectivity index (χ3n) is 1.85. The molecule has 0 aliphatic heterocycles. The molecule has 0 radical (unpaired) electrons. The summed E-state index contributed by atoms with van der Waals surface area (Å²) in [5.41, 5.74) is 1.08. The van der Waals surface area contributed by atoms with Gasteiger partial charge in [-0.3, -0.25) is 0 Å². The minimum atomic E-state index is -0.283. The Kier molecular flexibility index (Phi) is 4.37. The van der Waals surface area contributed by atoms with Crippen LogP contribution in [0.15, 0.2) is 11.6 Å². The van der Waals surface area contributed by atoms with Gasteiger partial charge in [0, 0.05) is 0 Å². The molecule has 0 aromatic carbocycles. The Bertz CT molecular complexity index is 114. The lowest BCUT2D eigenvalue weighted by Crippen LogP contribution is -2.02. The number of allylic oxidation sites excluding steroid dienone is 1. The Balaban J connectivity index is 3.89. The molecular formula is C9H18O. The third kappa shape index (κ3) is 3.67. The number of hydrogen-bond acceptors (Lipinski definition) is 1. The molecule has 0 aliphatic rings. The molecule has 1 N–H and O–H groups in total. The Labute approximate surface area is 63.8 Å². The van der Waals surface area contributed by atoms with Gasteiger partial charge in [-0.25, -0.2) is 0 Å². The lowest BCUT2D eigenvalue weighted by Gasteiger charge is -2.07. The van der Waals surface area contributed by atoms with Gasteiger partial charge in [-0.15, -0.1) is 0 Å². The van der Waals surface area contributed by atoms with Gasteiger partial charge in [-0.1, -0.05) is 26.3 Å². The smallest absolute Gasteiger partial charge is 0.0719 e.